The quantitative estimate of drug-likeness (QED) is 0.502. The fraction of sp³-hybridized carbons (Fsp3) is 0.619. The molecule has 1 aromatic rings. The van der Waals surface area contributed by atoms with E-state index in [2.05, 4.69) is 9.62 Å². The first-order valence-electron chi connectivity index (χ1n) is 10.9. The third-order valence-corrected chi connectivity index (χ3v) is 7.65. The molecule has 2 amide bonds. The Morgan fingerprint density at radius 2 is 1.94 bits per heavy atom. The second-order valence-corrected chi connectivity index (χ2v) is 9.80. The first-order valence-corrected chi connectivity index (χ1v) is 12.4. The predicted octanol–water partition coefficient (Wildman–Crippen LogP) is -0.482. The number of nitrogens with one attached hydrogen (secondary N) is 1. The van der Waals surface area contributed by atoms with Crippen LogP contribution in [0, 0.1) is 6.92 Å². The summed E-state index contributed by atoms with van der Waals surface area (Å²) in [6, 6.07) is 3.78. The molecule has 0 unspecified atom stereocenters. The van der Waals surface area contributed by atoms with Gasteiger partial charge in [0.25, 0.3) is 0 Å². The van der Waals surface area contributed by atoms with E-state index in [9.17, 15) is 18.0 Å². The van der Waals surface area contributed by atoms with Gasteiger partial charge in [0.1, 0.15) is 6.04 Å². The van der Waals surface area contributed by atoms with Crippen molar-refractivity contribution in [3.63, 3.8) is 0 Å². The van der Waals surface area contributed by atoms with Crippen molar-refractivity contribution in [2.24, 2.45) is 5.73 Å². The number of carbonyl (C=O) groups is 2. The number of carbonyl (C=O) groups excluding carboxylic acids is 2. The van der Waals surface area contributed by atoms with Gasteiger partial charge in [-0.15, -0.1) is 0 Å². The van der Waals surface area contributed by atoms with Gasteiger partial charge < -0.3 is 20.3 Å². The Bertz CT molecular complexity index is 931. The number of ether oxygens (including phenoxy) is 1. The first kappa shape index (κ1) is 24.6. The molecule has 2 saturated heterocycles. The Kier molecular flexibility index (Phi) is 8.23. The van der Waals surface area contributed by atoms with E-state index < -0.39 is 16.1 Å². The predicted molar refractivity (Wildman–Crippen MR) is 121 cm³/mol. The molecular formula is C21H33N5O5S. The van der Waals surface area contributed by atoms with E-state index in [-0.39, 0.29) is 23.3 Å². The maximum atomic E-state index is 13.2. The molecule has 0 bridgehead atoms. The maximum Gasteiger partial charge on any atom is 0.242 e. The summed E-state index contributed by atoms with van der Waals surface area (Å²) in [6.07, 6.45) is 1.20. The maximum absolute atomic E-state index is 13.2. The van der Waals surface area contributed by atoms with Crippen LogP contribution in [0.15, 0.2) is 23.1 Å². The van der Waals surface area contributed by atoms with Crippen LogP contribution in [0.1, 0.15) is 18.4 Å². The highest BCUT2D eigenvalue weighted by atomic mass is 32.2. The van der Waals surface area contributed by atoms with Gasteiger partial charge in [0.2, 0.25) is 21.8 Å². The minimum atomic E-state index is -4.02. The molecule has 0 aromatic heterocycles. The van der Waals surface area contributed by atoms with Crippen LogP contribution in [0.3, 0.4) is 0 Å². The van der Waals surface area contributed by atoms with Crippen molar-refractivity contribution in [2.45, 2.75) is 30.7 Å². The van der Waals surface area contributed by atoms with Gasteiger partial charge in [-0.2, -0.15) is 4.72 Å². The number of hydrogen-bond donors (Lipinski definition) is 2. The van der Waals surface area contributed by atoms with E-state index in [0.29, 0.717) is 57.0 Å². The Morgan fingerprint density at radius 1 is 1.22 bits per heavy atom. The molecule has 0 saturated carbocycles. The highest BCUT2D eigenvalue weighted by Gasteiger charge is 2.32. The van der Waals surface area contributed by atoms with Gasteiger partial charge in [0, 0.05) is 65.0 Å². The van der Waals surface area contributed by atoms with Crippen LogP contribution in [0.25, 0.3) is 0 Å². The molecule has 0 spiro atoms. The van der Waals surface area contributed by atoms with E-state index in [1.807, 2.05) is 0 Å². The van der Waals surface area contributed by atoms with Crippen molar-refractivity contribution in [3.05, 3.63) is 23.8 Å². The molecule has 0 aliphatic carbocycles. The molecule has 3 rings (SSSR count). The van der Waals surface area contributed by atoms with Gasteiger partial charge in [-0.25, -0.2) is 8.42 Å². The second kappa shape index (κ2) is 10.7. The topological polar surface area (TPSA) is 125 Å². The molecule has 11 heteroatoms. The van der Waals surface area contributed by atoms with Gasteiger partial charge in [0.05, 0.1) is 11.5 Å². The number of rotatable bonds is 9. The number of anilines is 1. The summed E-state index contributed by atoms with van der Waals surface area (Å²) < 4.78 is 33.9. The zero-order chi connectivity index (χ0) is 23.3. The Labute approximate surface area is 189 Å². The molecule has 178 valence electrons. The fourth-order valence-corrected chi connectivity index (χ4v) is 5.64. The normalized spacial score (nSPS) is 18.9. The minimum absolute atomic E-state index is 0.0183. The molecule has 2 aliphatic rings. The second-order valence-electron chi connectivity index (χ2n) is 8.12. The SMILES string of the molecule is COCCN1CCN(C(=O)[C@H](CN)NS(=O)(=O)c2cccc(N3CCCC3=O)c2C)CC1. The van der Waals surface area contributed by atoms with E-state index in [1.54, 1.807) is 36.0 Å². The Balaban J connectivity index is 1.71. The monoisotopic (exact) mass is 467 g/mol. The lowest BCUT2D eigenvalue weighted by Crippen LogP contribution is -2.57. The molecule has 2 aliphatic heterocycles. The highest BCUT2D eigenvalue weighted by molar-refractivity contribution is 7.89. The van der Waals surface area contributed by atoms with Gasteiger partial charge in [-0.1, -0.05) is 6.07 Å². The average Bonchev–Trinajstić information content (AvgIpc) is 3.21. The number of piperazine rings is 1. The molecule has 1 aromatic carbocycles. The van der Waals surface area contributed by atoms with Crippen LogP contribution in [-0.4, -0.2) is 95.6 Å². The van der Waals surface area contributed by atoms with Gasteiger partial charge in [0.15, 0.2) is 0 Å². The van der Waals surface area contributed by atoms with Gasteiger partial charge >= 0.3 is 0 Å². The standard InChI is InChI=1S/C21H33N5O5S/c1-16-18(26-8-4-7-20(26)27)5-3-6-19(16)32(29,30)23-17(15-22)21(28)25-11-9-24(10-12-25)13-14-31-2/h3,5-6,17,23H,4,7-15,22H2,1-2H3/t17-/m0/s1. The first-order chi connectivity index (χ1) is 15.3. The number of nitrogens with two attached hydrogens (primary N) is 1. The van der Waals surface area contributed by atoms with Crippen molar-refractivity contribution in [1.29, 1.82) is 0 Å². The number of methoxy groups -OCH3 is 1. The van der Waals surface area contributed by atoms with Crippen molar-refractivity contribution < 1.29 is 22.7 Å². The van der Waals surface area contributed by atoms with Crippen LogP contribution < -0.4 is 15.4 Å². The van der Waals surface area contributed by atoms with E-state index in [0.717, 1.165) is 13.0 Å². The molecule has 32 heavy (non-hydrogen) atoms. The number of amides is 2. The van der Waals surface area contributed by atoms with Gasteiger partial charge in [-0.3, -0.25) is 14.5 Å². The Hall–Kier alpha value is -2.05. The number of benzene rings is 1. The minimum Gasteiger partial charge on any atom is -0.383 e. The van der Waals surface area contributed by atoms with Crippen molar-refractivity contribution in [3.8, 4) is 0 Å². The van der Waals surface area contributed by atoms with Crippen LogP contribution >= 0.6 is 0 Å². The van der Waals surface area contributed by atoms with Crippen LogP contribution in [0.4, 0.5) is 5.69 Å². The van der Waals surface area contributed by atoms with Gasteiger partial charge in [-0.05, 0) is 31.0 Å². The lowest BCUT2D eigenvalue weighted by molar-refractivity contribution is -0.134. The summed E-state index contributed by atoms with van der Waals surface area (Å²) in [5.74, 6) is -0.346. The lowest BCUT2D eigenvalue weighted by atomic mass is 10.2. The van der Waals surface area contributed by atoms with E-state index in [1.165, 1.54) is 6.07 Å². The van der Waals surface area contributed by atoms with E-state index >= 15 is 0 Å². The summed E-state index contributed by atoms with van der Waals surface area (Å²) >= 11 is 0. The van der Waals surface area contributed by atoms with Crippen molar-refractivity contribution in [2.75, 3.05) is 64.4 Å². The summed E-state index contributed by atoms with van der Waals surface area (Å²) in [5, 5.41) is 0. The molecule has 10 nitrogen and oxygen atoms in total. The average molecular weight is 468 g/mol. The van der Waals surface area contributed by atoms with Crippen molar-refractivity contribution in [1.82, 2.24) is 14.5 Å². The largest absolute Gasteiger partial charge is 0.383 e. The molecule has 2 heterocycles. The number of sulfonamides is 1. The molecule has 0 radical (unpaired) electrons. The molecule has 3 N–H and O–H groups in total. The van der Waals surface area contributed by atoms with Crippen molar-refractivity contribution >= 4 is 27.5 Å². The van der Waals surface area contributed by atoms with Crippen LogP contribution in [0.5, 0.6) is 0 Å². The summed E-state index contributed by atoms with van der Waals surface area (Å²) in [5.41, 5.74) is 6.85. The summed E-state index contributed by atoms with van der Waals surface area (Å²) in [6.45, 7) is 5.92. The number of nitrogens with zero attached hydrogens (tertiary/aromatic N) is 3. The Morgan fingerprint density at radius 3 is 2.53 bits per heavy atom. The third kappa shape index (κ3) is 5.46. The molecule has 1 atom stereocenters. The zero-order valence-electron chi connectivity index (χ0n) is 18.7. The fourth-order valence-electron chi connectivity index (χ4n) is 4.17. The number of hydrogen-bond acceptors (Lipinski definition) is 7. The summed E-state index contributed by atoms with van der Waals surface area (Å²) in [7, 11) is -2.37. The van der Waals surface area contributed by atoms with E-state index in [4.69, 9.17) is 10.5 Å². The molecule has 2 fully saturated rings. The van der Waals surface area contributed by atoms with Crippen LogP contribution in [0.2, 0.25) is 0 Å². The summed E-state index contributed by atoms with van der Waals surface area (Å²) in [4.78, 5) is 30.6. The zero-order valence-corrected chi connectivity index (χ0v) is 19.6. The lowest BCUT2D eigenvalue weighted by Gasteiger charge is -2.36. The molecular weight excluding hydrogens is 434 g/mol. The van der Waals surface area contributed by atoms with Crippen LogP contribution in [-0.2, 0) is 24.3 Å². The third-order valence-electron chi connectivity index (χ3n) is 6.04. The highest BCUT2D eigenvalue weighted by Crippen LogP contribution is 2.29. The smallest absolute Gasteiger partial charge is 0.242 e.